The molecule has 10 heteroatoms. The van der Waals surface area contributed by atoms with Crippen LogP contribution in [-0.4, -0.2) is 117 Å². The summed E-state index contributed by atoms with van der Waals surface area (Å²) in [6.07, 6.45) is 3.53. The first-order valence-corrected chi connectivity index (χ1v) is 11.1. The zero-order chi connectivity index (χ0) is 22.7. The Labute approximate surface area is 186 Å². The van der Waals surface area contributed by atoms with Crippen LogP contribution in [-0.2, 0) is 42.7 Å². The van der Waals surface area contributed by atoms with Gasteiger partial charge in [-0.05, 0) is 6.42 Å². The van der Waals surface area contributed by atoms with Gasteiger partial charge in [-0.2, -0.15) is 0 Å². The molecule has 0 aromatic rings. The molecular weight excluding hydrogens is 412 g/mol. The lowest BCUT2D eigenvalue weighted by Gasteiger charge is -2.08. The lowest BCUT2D eigenvalue weighted by Crippen LogP contribution is -2.15. The van der Waals surface area contributed by atoms with Gasteiger partial charge in [-0.15, -0.1) is 0 Å². The average Bonchev–Trinajstić information content (AvgIpc) is 2.76. The van der Waals surface area contributed by atoms with E-state index in [0.717, 1.165) is 13.0 Å². The van der Waals surface area contributed by atoms with E-state index in [-0.39, 0.29) is 13.2 Å². The maximum atomic E-state index is 10.2. The van der Waals surface area contributed by atoms with E-state index in [1.165, 1.54) is 12.8 Å². The number of carboxylic acid groups (broad SMARTS) is 1. The fraction of sp³-hybridized carbons (Fsp3) is 0.952. The quantitative estimate of drug-likeness (QED) is 0.183. The Morgan fingerprint density at radius 3 is 1.06 bits per heavy atom. The molecule has 0 bridgehead atoms. The van der Waals surface area contributed by atoms with Crippen molar-refractivity contribution < 1.29 is 47.8 Å². The molecule has 186 valence electrons. The van der Waals surface area contributed by atoms with Crippen molar-refractivity contribution in [2.45, 2.75) is 26.2 Å². The van der Waals surface area contributed by atoms with Gasteiger partial charge < -0.3 is 43.0 Å². The second-order valence-electron chi connectivity index (χ2n) is 6.44. The van der Waals surface area contributed by atoms with E-state index in [0.29, 0.717) is 85.9 Å². The third kappa shape index (κ3) is 29.1. The van der Waals surface area contributed by atoms with Gasteiger partial charge in [0.2, 0.25) is 0 Å². The van der Waals surface area contributed by atoms with Crippen molar-refractivity contribution >= 4 is 5.97 Å². The smallest absolute Gasteiger partial charge is 0.329 e. The van der Waals surface area contributed by atoms with Gasteiger partial charge in [-0.1, -0.05) is 19.8 Å². The number of hydrogen-bond donors (Lipinski definition) is 1. The van der Waals surface area contributed by atoms with Gasteiger partial charge in [0.05, 0.1) is 92.5 Å². The third-order valence-corrected chi connectivity index (χ3v) is 3.72. The van der Waals surface area contributed by atoms with Crippen LogP contribution in [0.1, 0.15) is 26.2 Å². The zero-order valence-corrected chi connectivity index (χ0v) is 19.1. The number of carboxylic acids is 1. The molecule has 0 heterocycles. The highest BCUT2D eigenvalue weighted by molar-refractivity contribution is 5.67. The van der Waals surface area contributed by atoms with Gasteiger partial charge in [0.1, 0.15) is 6.61 Å². The number of carbonyl (C=O) groups is 1. The van der Waals surface area contributed by atoms with E-state index < -0.39 is 5.97 Å². The fourth-order valence-electron chi connectivity index (χ4n) is 2.15. The van der Waals surface area contributed by atoms with Gasteiger partial charge in [-0.3, -0.25) is 0 Å². The maximum Gasteiger partial charge on any atom is 0.329 e. The topological polar surface area (TPSA) is 111 Å². The van der Waals surface area contributed by atoms with Crippen molar-refractivity contribution in [2.24, 2.45) is 0 Å². The molecule has 0 aliphatic carbocycles. The first-order chi connectivity index (χ1) is 15.3. The van der Waals surface area contributed by atoms with Crippen molar-refractivity contribution in [2.75, 3.05) is 106 Å². The lowest BCUT2D eigenvalue weighted by atomic mass is 10.3. The molecule has 0 radical (unpaired) electrons. The Morgan fingerprint density at radius 1 is 0.484 bits per heavy atom. The van der Waals surface area contributed by atoms with Crippen LogP contribution in [0.3, 0.4) is 0 Å². The molecule has 0 aromatic heterocycles. The SMILES string of the molecule is CCCCCOCCOCCOCCOCCOCCOCCOCCOCC(=O)O. The van der Waals surface area contributed by atoms with Crippen molar-refractivity contribution in [1.29, 1.82) is 0 Å². The number of aliphatic carboxylic acids is 1. The molecule has 31 heavy (non-hydrogen) atoms. The maximum absolute atomic E-state index is 10.2. The predicted octanol–water partition coefficient (Wildman–Crippen LogP) is 1.39. The van der Waals surface area contributed by atoms with Gasteiger partial charge >= 0.3 is 5.97 Å². The van der Waals surface area contributed by atoms with Crippen LogP contribution in [0.4, 0.5) is 0 Å². The van der Waals surface area contributed by atoms with Gasteiger partial charge in [-0.25, -0.2) is 4.79 Å². The van der Waals surface area contributed by atoms with E-state index >= 15 is 0 Å². The molecule has 0 atom stereocenters. The molecule has 0 aliphatic heterocycles. The van der Waals surface area contributed by atoms with Crippen LogP contribution >= 0.6 is 0 Å². The van der Waals surface area contributed by atoms with Crippen LogP contribution in [0.2, 0.25) is 0 Å². The summed E-state index contributed by atoms with van der Waals surface area (Å²) in [7, 11) is 0. The largest absolute Gasteiger partial charge is 0.480 e. The minimum absolute atomic E-state index is 0.253. The van der Waals surface area contributed by atoms with Gasteiger partial charge in [0.25, 0.3) is 0 Å². The highest BCUT2D eigenvalue weighted by Crippen LogP contribution is 1.93. The average molecular weight is 455 g/mol. The van der Waals surface area contributed by atoms with Crippen molar-refractivity contribution in [3.63, 3.8) is 0 Å². The number of rotatable bonds is 27. The predicted molar refractivity (Wildman–Crippen MR) is 114 cm³/mol. The highest BCUT2D eigenvalue weighted by Gasteiger charge is 1.97. The molecule has 10 nitrogen and oxygen atoms in total. The second-order valence-corrected chi connectivity index (χ2v) is 6.44. The van der Waals surface area contributed by atoms with Crippen LogP contribution < -0.4 is 0 Å². The normalized spacial score (nSPS) is 11.3. The third-order valence-electron chi connectivity index (χ3n) is 3.72. The minimum atomic E-state index is -0.988. The molecule has 0 saturated carbocycles. The summed E-state index contributed by atoms with van der Waals surface area (Å²) < 4.78 is 42.5. The Kier molecular flexibility index (Phi) is 26.4. The summed E-state index contributed by atoms with van der Waals surface area (Å²) in [5.74, 6) is -0.988. The molecule has 0 aliphatic rings. The standard InChI is InChI=1S/C21H42O10/c1-2-3-4-5-24-6-7-25-8-9-26-10-11-27-12-13-28-14-15-29-16-17-30-18-19-31-20-21(22)23/h2-20H2,1H3,(H,22,23). The van der Waals surface area contributed by atoms with E-state index in [1.54, 1.807) is 0 Å². The molecule has 0 amide bonds. The fourth-order valence-corrected chi connectivity index (χ4v) is 2.15. The summed E-state index contributed by atoms with van der Waals surface area (Å²) in [5.41, 5.74) is 0. The molecule has 0 unspecified atom stereocenters. The first kappa shape index (κ1) is 30.1. The van der Waals surface area contributed by atoms with Crippen molar-refractivity contribution in [3.05, 3.63) is 0 Å². The Bertz CT molecular complexity index is 357. The Hall–Kier alpha value is -0.850. The molecule has 0 aromatic carbocycles. The Balaban J connectivity index is 3.00. The van der Waals surface area contributed by atoms with Crippen LogP contribution in [0.25, 0.3) is 0 Å². The summed E-state index contributed by atoms with van der Waals surface area (Å²) in [6.45, 7) is 9.53. The van der Waals surface area contributed by atoms with E-state index in [2.05, 4.69) is 6.92 Å². The summed E-state index contributed by atoms with van der Waals surface area (Å²) in [4.78, 5) is 10.2. The number of hydrogen-bond acceptors (Lipinski definition) is 9. The molecule has 1 N–H and O–H groups in total. The van der Waals surface area contributed by atoms with Crippen LogP contribution in [0.5, 0.6) is 0 Å². The minimum Gasteiger partial charge on any atom is -0.480 e. The molecular formula is C21H42O10. The zero-order valence-electron chi connectivity index (χ0n) is 19.1. The van der Waals surface area contributed by atoms with E-state index in [9.17, 15) is 4.79 Å². The van der Waals surface area contributed by atoms with Gasteiger partial charge in [0, 0.05) is 6.61 Å². The number of ether oxygens (including phenoxy) is 8. The molecule has 0 saturated heterocycles. The van der Waals surface area contributed by atoms with E-state index in [1.807, 2.05) is 0 Å². The highest BCUT2D eigenvalue weighted by atomic mass is 16.6. The van der Waals surface area contributed by atoms with Crippen molar-refractivity contribution in [3.8, 4) is 0 Å². The van der Waals surface area contributed by atoms with Crippen molar-refractivity contribution in [1.82, 2.24) is 0 Å². The van der Waals surface area contributed by atoms with Crippen LogP contribution in [0.15, 0.2) is 0 Å². The monoisotopic (exact) mass is 454 g/mol. The summed E-state index contributed by atoms with van der Waals surface area (Å²) >= 11 is 0. The van der Waals surface area contributed by atoms with Crippen LogP contribution in [0, 0.1) is 0 Å². The first-order valence-electron chi connectivity index (χ1n) is 11.1. The summed E-state index contributed by atoms with van der Waals surface area (Å²) in [5, 5.41) is 8.38. The summed E-state index contributed by atoms with van der Waals surface area (Å²) in [6, 6.07) is 0. The second kappa shape index (κ2) is 27.2. The van der Waals surface area contributed by atoms with Gasteiger partial charge in [0.15, 0.2) is 0 Å². The molecule has 0 rings (SSSR count). The molecule has 0 spiro atoms. The number of unbranched alkanes of at least 4 members (excludes halogenated alkanes) is 2. The van der Waals surface area contributed by atoms with E-state index in [4.69, 9.17) is 43.0 Å². The lowest BCUT2D eigenvalue weighted by molar-refractivity contribution is -0.142. The Morgan fingerprint density at radius 2 is 0.774 bits per heavy atom. The molecule has 0 fully saturated rings.